The minimum absolute atomic E-state index is 0. The zero-order chi connectivity index (χ0) is 11.5. The fourth-order valence-electron chi connectivity index (χ4n) is 1.79. The van der Waals surface area contributed by atoms with Gasteiger partial charge in [-0.1, -0.05) is 6.07 Å². The van der Waals surface area contributed by atoms with E-state index in [1.807, 2.05) is 30.3 Å². The SMILES string of the molecule is [Cl-].c1coc(CNCc2ccc3c(c2)OCO3)c1. The number of hydrogen-bond acceptors (Lipinski definition) is 4. The molecule has 2 aromatic rings. The first-order valence-electron chi connectivity index (χ1n) is 5.53. The van der Waals surface area contributed by atoms with Crippen LogP contribution in [-0.4, -0.2) is 6.79 Å². The van der Waals surface area contributed by atoms with E-state index in [0.29, 0.717) is 6.79 Å². The van der Waals surface area contributed by atoms with Crippen molar-refractivity contribution in [3.05, 3.63) is 47.9 Å². The Labute approximate surface area is 111 Å². The molecule has 0 spiro atoms. The second kappa shape index (κ2) is 5.80. The van der Waals surface area contributed by atoms with Crippen LogP contribution in [0.15, 0.2) is 41.0 Å². The molecule has 1 aliphatic heterocycles. The molecule has 0 unspecified atom stereocenters. The van der Waals surface area contributed by atoms with E-state index >= 15 is 0 Å². The van der Waals surface area contributed by atoms with E-state index in [0.717, 1.165) is 30.3 Å². The highest BCUT2D eigenvalue weighted by Gasteiger charge is 2.12. The molecule has 0 radical (unpaired) electrons. The summed E-state index contributed by atoms with van der Waals surface area (Å²) in [5.74, 6) is 2.58. The van der Waals surface area contributed by atoms with Crippen molar-refractivity contribution in [3.63, 3.8) is 0 Å². The van der Waals surface area contributed by atoms with E-state index in [-0.39, 0.29) is 12.4 Å². The summed E-state index contributed by atoms with van der Waals surface area (Å²) in [6.45, 7) is 1.82. The van der Waals surface area contributed by atoms with Crippen LogP contribution >= 0.6 is 0 Å². The maximum absolute atomic E-state index is 5.32. The summed E-state index contributed by atoms with van der Waals surface area (Å²) >= 11 is 0. The van der Waals surface area contributed by atoms with Gasteiger partial charge in [0.25, 0.3) is 0 Å². The van der Waals surface area contributed by atoms with Gasteiger partial charge in [-0.25, -0.2) is 0 Å². The van der Waals surface area contributed by atoms with Gasteiger partial charge in [-0.15, -0.1) is 0 Å². The summed E-state index contributed by atoms with van der Waals surface area (Å²) in [6, 6.07) is 9.80. The third-order valence-electron chi connectivity index (χ3n) is 2.65. The van der Waals surface area contributed by atoms with Gasteiger partial charge in [-0.3, -0.25) is 0 Å². The van der Waals surface area contributed by atoms with E-state index in [1.54, 1.807) is 6.26 Å². The molecule has 1 aliphatic rings. The molecular formula is C13H13ClNO3-. The van der Waals surface area contributed by atoms with Crippen LogP contribution in [0.5, 0.6) is 11.5 Å². The Morgan fingerprint density at radius 1 is 1.06 bits per heavy atom. The third-order valence-corrected chi connectivity index (χ3v) is 2.65. The minimum Gasteiger partial charge on any atom is -1.00 e. The molecule has 18 heavy (non-hydrogen) atoms. The van der Waals surface area contributed by atoms with E-state index in [9.17, 15) is 0 Å². The van der Waals surface area contributed by atoms with Crippen molar-refractivity contribution < 1.29 is 26.3 Å². The van der Waals surface area contributed by atoms with Crippen LogP contribution < -0.4 is 27.2 Å². The van der Waals surface area contributed by atoms with Crippen molar-refractivity contribution in [1.29, 1.82) is 0 Å². The van der Waals surface area contributed by atoms with Crippen molar-refractivity contribution in [3.8, 4) is 11.5 Å². The van der Waals surface area contributed by atoms with Crippen LogP contribution in [0.1, 0.15) is 11.3 Å². The molecule has 96 valence electrons. The second-order valence-corrected chi connectivity index (χ2v) is 3.87. The molecule has 0 atom stereocenters. The van der Waals surface area contributed by atoms with Crippen molar-refractivity contribution in [2.45, 2.75) is 13.1 Å². The van der Waals surface area contributed by atoms with Crippen molar-refractivity contribution >= 4 is 0 Å². The quantitative estimate of drug-likeness (QED) is 0.795. The number of benzene rings is 1. The van der Waals surface area contributed by atoms with Crippen molar-refractivity contribution in [2.24, 2.45) is 0 Å². The Kier molecular flexibility index (Phi) is 4.12. The van der Waals surface area contributed by atoms with E-state index in [1.165, 1.54) is 5.56 Å². The first-order valence-corrected chi connectivity index (χ1v) is 5.53. The summed E-state index contributed by atoms with van der Waals surface area (Å²) in [5, 5.41) is 3.31. The number of halogens is 1. The summed E-state index contributed by atoms with van der Waals surface area (Å²) in [4.78, 5) is 0. The van der Waals surface area contributed by atoms with Crippen LogP contribution in [0.2, 0.25) is 0 Å². The van der Waals surface area contributed by atoms with Crippen molar-refractivity contribution in [1.82, 2.24) is 5.32 Å². The van der Waals surface area contributed by atoms with Gasteiger partial charge >= 0.3 is 0 Å². The number of fused-ring (bicyclic) bond motifs is 1. The smallest absolute Gasteiger partial charge is 0.231 e. The highest BCUT2D eigenvalue weighted by Crippen LogP contribution is 2.32. The van der Waals surface area contributed by atoms with Crippen LogP contribution in [-0.2, 0) is 13.1 Å². The minimum atomic E-state index is 0. The Bertz CT molecular complexity index is 499. The third kappa shape index (κ3) is 2.78. The number of hydrogen-bond donors (Lipinski definition) is 1. The lowest BCUT2D eigenvalue weighted by atomic mass is 10.2. The maximum Gasteiger partial charge on any atom is 0.231 e. The molecule has 1 aromatic heterocycles. The fourth-order valence-corrected chi connectivity index (χ4v) is 1.79. The lowest BCUT2D eigenvalue weighted by Gasteiger charge is -2.04. The molecule has 0 amide bonds. The average molecular weight is 267 g/mol. The molecule has 0 saturated carbocycles. The number of rotatable bonds is 4. The van der Waals surface area contributed by atoms with Gasteiger partial charge in [0.05, 0.1) is 12.8 Å². The number of ether oxygens (including phenoxy) is 2. The predicted molar refractivity (Wildman–Crippen MR) is 61.8 cm³/mol. The number of nitrogens with one attached hydrogen (secondary N) is 1. The Morgan fingerprint density at radius 3 is 2.78 bits per heavy atom. The van der Waals surface area contributed by atoms with Crippen molar-refractivity contribution in [2.75, 3.05) is 6.79 Å². The first-order chi connectivity index (χ1) is 8.42. The van der Waals surface area contributed by atoms with Crippen LogP contribution in [0.25, 0.3) is 0 Å². The van der Waals surface area contributed by atoms with Gasteiger partial charge in [0.2, 0.25) is 6.79 Å². The van der Waals surface area contributed by atoms with Crippen LogP contribution in [0.3, 0.4) is 0 Å². The first kappa shape index (κ1) is 12.8. The zero-order valence-electron chi connectivity index (χ0n) is 9.69. The summed E-state index contributed by atoms with van der Waals surface area (Å²) in [6.07, 6.45) is 1.68. The molecule has 4 nitrogen and oxygen atoms in total. The summed E-state index contributed by atoms with van der Waals surface area (Å²) in [5.41, 5.74) is 1.17. The highest BCUT2D eigenvalue weighted by atomic mass is 35.5. The highest BCUT2D eigenvalue weighted by molar-refractivity contribution is 5.44. The molecule has 0 aliphatic carbocycles. The maximum atomic E-state index is 5.32. The molecule has 5 heteroatoms. The Hall–Kier alpha value is -1.65. The van der Waals surface area contributed by atoms with Crippen LogP contribution in [0.4, 0.5) is 0 Å². The van der Waals surface area contributed by atoms with E-state index < -0.39 is 0 Å². The molecule has 1 N–H and O–H groups in total. The topological polar surface area (TPSA) is 43.6 Å². The van der Waals surface area contributed by atoms with E-state index in [2.05, 4.69) is 5.32 Å². The standard InChI is InChI=1S/C13H13NO3.ClH/c1-2-11(15-5-1)8-14-7-10-3-4-12-13(6-10)17-9-16-12;/h1-6,14H,7-9H2;1H/p-1. The lowest BCUT2D eigenvalue weighted by Crippen LogP contribution is -3.00. The predicted octanol–water partition coefficient (Wildman–Crippen LogP) is -0.698. The molecule has 0 fully saturated rings. The fraction of sp³-hybridized carbons (Fsp3) is 0.231. The second-order valence-electron chi connectivity index (χ2n) is 3.87. The van der Waals surface area contributed by atoms with Gasteiger partial charge in [0.1, 0.15) is 5.76 Å². The van der Waals surface area contributed by atoms with Gasteiger partial charge in [0, 0.05) is 6.54 Å². The van der Waals surface area contributed by atoms with Gasteiger partial charge in [0.15, 0.2) is 11.5 Å². The number of furan rings is 1. The van der Waals surface area contributed by atoms with Gasteiger partial charge in [-0.2, -0.15) is 0 Å². The molecule has 0 bridgehead atoms. The molecule has 3 rings (SSSR count). The Morgan fingerprint density at radius 2 is 1.94 bits per heavy atom. The molecule has 1 aromatic carbocycles. The van der Waals surface area contributed by atoms with Gasteiger partial charge < -0.3 is 31.6 Å². The molecular weight excluding hydrogens is 254 g/mol. The lowest BCUT2D eigenvalue weighted by molar-refractivity contribution is -0.00000552. The average Bonchev–Trinajstić information content (AvgIpc) is 2.98. The summed E-state index contributed by atoms with van der Waals surface area (Å²) in [7, 11) is 0. The zero-order valence-corrected chi connectivity index (χ0v) is 10.4. The monoisotopic (exact) mass is 266 g/mol. The van der Waals surface area contributed by atoms with Gasteiger partial charge in [-0.05, 0) is 29.8 Å². The van der Waals surface area contributed by atoms with Crippen LogP contribution in [0, 0.1) is 0 Å². The summed E-state index contributed by atoms with van der Waals surface area (Å²) < 4.78 is 15.8. The Balaban J connectivity index is 0.00000120. The largest absolute Gasteiger partial charge is 1.00 e. The normalized spacial score (nSPS) is 12.2. The molecule has 2 heterocycles. The molecule has 0 saturated heterocycles. The van der Waals surface area contributed by atoms with E-state index in [4.69, 9.17) is 13.9 Å².